The first-order valence-electron chi connectivity index (χ1n) is 3.53. The van der Waals surface area contributed by atoms with Crippen LogP contribution in [0.3, 0.4) is 0 Å². The van der Waals surface area contributed by atoms with Crippen molar-refractivity contribution in [3.05, 3.63) is 0 Å². The zero-order chi connectivity index (χ0) is 9.30. The fourth-order valence-corrected chi connectivity index (χ4v) is 1.09. The third-order valence-corrected chi connectivity index (χ3v) is 1.88. The molecule has 1 rings (SSSR count). The van der Waals surface area contributed by atoms with Gasteiger partial charge in [-0.3, -0.25) is 4.79 Å². The molecule has 12 heavy (non-hydrogen) atoms. The van der Waals surface area contributed by atoms with Crippen LogP contribution >= 0.6 is 0 Å². The Morgan fingerprint density at radius 1 is 1.25 bits per heavy atom. The Bertz CT molecular complexity index is 183. The monoisotopic (exact) mass is 177 g/mol. The van der Waals surface area contributed by atoms with Gasteiger partial charge in [0.2, 0.25) is 0 Å². The molecule has 0 unspecified atom stereocenters. The molecule has 1 fully saturated rings. The molecule has 1 aliphatic heterocycles. The lowest BCUT2D eigenvalue weighted by atomic mass is 9.96. The van der Waals surface area contributed by atoms with Crippen molar-refractivity contribution < 1.29 is 25.2 Å². The molecule has 1 aliphatic rings. The van der Waals surface area contributed by atoms with Crippen molar-refractivity contribution in [2.45, 2.75) is 24.4 Å². The molecule has 0 aliphatic carbocycles. The van der Waals surface area contributed by atoms with Crippen LogP contribution < -0.4 is 5.32 Å². The lowest BCUT2D eigenvalue weighted by Gasteiger charge is -2.34. The van der Waals surface area contributed by atoms with E-state index in [0.717, 1.165) is 0 Å². The molecule has 70 valence electrons. The summed E-state index contributed by atoms with van der Waals surface area (Å²) in [6.07, 6.45) is -4.48. The van der Waals surface area contributed by atoms with Gasteiger partial charge in [0.1, 0.15) is 12.2 Å². The van der Waals surface area contributed by atoms with Crippen molar-refractivity contribution in [1.82, 2.24) is 5.32 Å². The minimum atomic E-state index is -1.62. The van der Waals surface area contributed by atoms with Crippen LogP contribution in [0, 0.1) is 0 Å². The Balaban J connectivity index is 2.70. The molecule has 1 saturated heterocycles. The van der Waals surface area contributed by atoms with E-state index in [-0.39, 0.29) is 0 Å². The zero-order valence-electron chi connectivity index (χ0n) is 6.21. The number of carbonyl (C=O) groups is 1. The first-order chi connectivity index (χ1) is 5.57. The quantitative estimate of drug-likeness (QED) is 0.286. The van der Waals surface area contributed by atoms with Gasteiger partial charge in [0, 0.05) is 0 Å². The minimum Gasteiger partial charge on any atom is -0.394 e. The fourth-order valence-electron chi connectivity index (χ4n) is 1.09. The molecular formula is C6H11NO5. The Morgan fingerprint density at radius 2 is 1.83 bits per heavy atom. The van der Waals surface area contributed by atoms with Gasteiger partial charge in [0.05, 0.1) is 12.6 Å². The average molecular weight is 177 g/mol. The highest BCUT2D eigenvalue weighted by atomic mass is 16.4. The highest BCUT2D eigenvalue weighted by molar-refractivity contribution is 5.82. The number of nitrogens with one attached hydrogen (secondary N) is 1. The van der Waals surface area contributed by atoms with E-state index in [2.05, 4.69) is 5.32 Å². The topological polar surface area (TPSA) is 110 Å². The fraction of sp³-hybridized carbons (Fsp3) is 0.833. The lowest BCUT2D eigenvalue weighted by molar-refractivity contribution is -0.155. The highest BCUT2D eigenvalue weighted by Gasteiger charge is 2.40. The van der Waals surface area contributed by atoms with Crippen LogP contribution in [0.5, 0.6) is 0 Å². The number of hydrogen-bond donors (Lipinski definition) is 5. The summed E-state index contributed by atoms with van der Waals surface area (Å²) in [5.41, 5.74) is 0. The van der Waals surface area contributed by atoms with E-state index in [1.165, 1.54) is 0 Å². The lowest BCUT2D eigenvalue weighted by Crippen LogP contribution is -2.63. The summed E-state index contributed by atoms with van der Waals surface area (Å²) in [6.45, 7) is -0.476. The molecule has 6 nitrogen and oxygen atoms in total. The SMILES string of the molecule is O=C1N[C@H](CO)[C@@H](O)[C@@H](O)[C@H]1O. The molecule has 0 aromatic rings. The van der Waals surface area contributed by atoms with E-state index in [0.29, 0.717) is 0 Å². The summed E-state index contributed by atoms with van der Waals surface area (Å²) in [4.78, 5) is 10.8. The Labute approximate surface area is 68.4 Å². The van der Waals surface area contributed by atoms with E-state index in [9.17, 15) is 4.79 Å². The second-order valence-corrected chi connectivity index (χ2v) is 2.72. The number of amides is 1. The van der Waals surface area contributed by atoms with Gasteiger partial charge in [-0.2, -0.15) is 0 Å². The molecular weight excluding hydrogens is 166 g/mol. The standard InChI is InChI=1S/C6H11NO5/c8-1-2-3(9)4(10)5(11)6(12)7-2/h2-5,8-11H,1H2,(H,7,12)/t2-,3-,4-,5-/m1/s1. The van der Waals surface area contributed by atoms with E-state index in [1.54, 1.807) is 0 Å². The Kier molecular flexibility index (Phi) is 2.63. The molecule has 6 heteroatoms. The predicted octanol–water partition coefficient (Wildman–Crippen LogP) is -3.44. The van der Waals surface area contributed by atoms with Crippen molar-refractivity contribution in [3.63, 3.8) is 0 Å². The number of aliphatic hydroxyl groups is 4. The van der Waals surface area contributed by atoms with Crippen LogP contribution in [0.1, 0.15) is 0 Å². The number of hydrogen-bond acceptors (Lipinski definition) is 5. The van der Waals surface area contributed by atoms with Crippen molar-refractivity contribution in [2.24, 2.45) is 0 Å². The van der Waals surface area contributed by atoms with Gasteiger partial charge < -0.3 is 25.7 Å². The summed E-state index contributed by atoms with van der Waals surface area (Å²) >= 11 is 0. The first kappa shape index (κ1) is 9.40. The molecule has 0 aromatic heterocycles. The second kappa shape index (κ2) is 3.36. The smallest absolute Gasteiger partial charge is 0.252 e. The Hall–Kier alpha value is -0.690. The zero-order valence-corrected chi connectivity index (χ0v) is 6.21. The van der Waals surface area contributed by atoms with Crippen molar-refractivity contribution in [2.75, 3.05) is 6.61 Å². The van der Waals surface area contributed by atoms with Gasteiger partial charge in [-0.1, -0.05) is 0 Å². The molecule has 1 amide bonds. The van der Waals surface area contributed by atoms with E-state index < -0.39 is 36.9 Å². The molecule has 0 aromatic carbocycles. The number of carbonyl (C=O) groups excluding carboxylic acids is 1. The number of aliphatic hydroxyl groups excluding tert-OH is 4. The summed E-state index contributed by atoms with van der Waals surface area (Å²) in [5, 5.41) is 37.9. The molecule has 0 bridgehead atoms. The maximum absolute atomic E-state index is 10.8. The normalized spacial score (nSPS) is 42.5. The first-order valence-corrected chi connectivity index (χ1v) is 3.53. The minimum absolute atomic E-state index is 0.476. The van der Waals surface area contributed by atoms with Crippen LogP contribution in [0.4, 0.5) is 0 Å². The summed E-state index contributed by atoms with van der Waals surface area (Å²) in [6, 6.07) is -0.907. The van der Waals surface area contributed by atoms with Crippen molar-refractivity contribution in [1.29, 1.82) is 0 Å². The van der Waals surface area contributed by atoms with Gasteiger partial charge >= 0.3 is 0 Å². The molecule has 1 heterocycles. The van der Waals surface area contributed by atoms with Crippen LogP contribution in [-0.4, -0.2) is 57.3 Å². The summed E-state index contributed by atoms with van der Waals surface area (Å²) in [7, 11) is 0. The second-order valence-electron chi connectivity index (χ2n) is 2.72. The largest absolute Gasteiger partial charge is 0.394 e. The number of rotatable bonds is 1. The van der Waals surface area contributed by atoms with Gasteiger partial charge in [-0.05, 0) is 0 Å². The van der Waals surface area contributed by atoms with E-state index >= 15 is 0 Å². The third kappa shape index (κ3) is 1.42. The van der Waals surface area contributed by atoms with Crippen molar-refractivity contribution >= 4 is 5.91 Å². The third-order valence-electron chi connectivity index (χ3n) is 1.88. The van der Waals surface area contributed by atoms with Crippen LogP contribution in [0.2, 0.25) is 0 Å². The Morgan fingerprint density at radius 3 is 2.33 bits per heavy atom. The van der Waals surface area contributed by atoms with Gasteiger partial charge in [0.15, 0.2) is 6.10 Å². The average Bonchev–Trinajstić information content (AvgIpc) is 2.08. The molecule has 0 spiro atoms. The molecule has 0 saturated carbocycles. The summed E-state index contributed by atoms with van der Waals surface area (Å²) in [5.74, 6) is -0.785. The predicted molar refractivity (Wildman–Crippen MR) is 37.0 cm³/mol. The van der Waals surface area contributed by atoms with Gasteiger partial charge in [-0.25, -0.2) is 0 Å². The van der Waals surface area contributed by atoms with Crippen LogP contribution in [0.25, 0.3) is 0 Å². The van der Waals surface area contributed by atoms with E-state index in [1.807, 2.05) is 0 Å². The highest BCUT2D eigenvalue weighted by Crippen LogP contribution is 2.10. The van der Waals surface area contributed by atoms with Gasteiger partial charge in [-0.15, -0.1) is 0 Å². The van der Waals surface area contributed by atoms with Gasteiger partial charge in [0.25, 0.3) is 5.91 Å². The number of piperidine rings is 1. The molecule has 4 atom stereocenters. The van der Waals surface area contributed by atoms with Crippen LogP contribution in [0.15, 0.2) is 0 Å². The van der Waals surface area contributed by atoms with Crippen LogP contribution in [-0.2, 0) is 4.79 Å². The molecule has 5 N–H and O–H groups in total. The maximum Gasteiger partial charge on any atom is 0.252 e. The van der Waals surface area contributed by atoms with E-state index in [4.69, 9.17) is 20.4 Å². The maximum atomic E-state index is 10.8. The van der Waals surface area contributed by atoms with Crippen molar-refractivity contribution in [3.8, 4) is 0 Å². The summed E-state index contributed by atoms with van der Waals surface area (Å²) < 4.78 is 0. The molecule has 0 radical (unpaired) electrons.